The Kier molecular flexibility index (Phi) is 7.73. The summed E-state index contributed by atoms with van der Waals surface area (Å²) in [6, 6.07) is 14.8. The van der Waals surface area contributed by atoms with E-state index in [1.165, 1.54) is 13.2 Å². The van der Waals surface area contributed by atoms with Crippen LogP contribution in [0, 0.1) is 5.82 Å². The predicted molar refractivity (Wildman–Crippen MR) is 131 cm³/mol. The molecule has 2 atom stereocenters. The van der Waals surface area contributed by atoms with Gasteiger partial charge in [0.25, 0.3) is 0 Å². The van der Waals surface area contributed by atoms with Crippen LogP contribution in [0.5, 0.6) is 11.5 Å². The molecule has 37 heavy (non-hydrogen) atoms. The van der Waals surface area contributed by atoms with Gasteiger partial charge in [-0.2, -0.15) is 13.2 Å². The molecule has 1 unspecified atom stereocenters. The maximum Gasteiger partial charge on any atom is 0.419 e. The minimum absolute atomic E-state index is 0.221. The molecule has 2 N–H and O–H groups in total. The molecule has 1 aliphatic heterocycles. The van der Waals surface area contributed by atoms with E-state index < -0.39 is 29.5 Å². The van der Waals surface area contributed by atoms with Gasteiger partial charge in [0.15, 0.2) is 11.5 Å². The minimum Gasteiger partial charge on any atom is -0.493 e. The third-order valence-corrected chi connectivity index (χ3v) is 6.80. The van der Waals surface area contributed by atoms with Gasteiger partial charge in [-0.05, 0) is 65.8 Å². The summed E-state index contributed by atoms with van der Waals surface area (Å²) in [5.74, 6) is -0.766. The van der Waals surface area contributed by atoms with Crippen molar-refractivity contribution in [2.75, 3.05) is 20.8 Å². The molecule has 0 radical (unpaired) electrons. The van der Waals surface area contributed by atoms with Crippen LogP contribution in [0.1, 0.15) is 46.3 Å². The van der Waals surface area contributed by atoms with E-state index in [4.69, 9.17) is 15.2 Å². The normalized spacial score (nSPS) is 16.6. The van der Waals surface area contributed by atoms with Crippen molar-refractivity contribution in [3.63, 3.8) is 0 Å². The quantitative estimate of drug-likeness (QED) is 0.395. The van der Waals surface area contributed by atoms with E-state index in [0.29, 0.717) is 36.4 Å². The lowest BCUT2D eigenvalue weighted by atomic mass is 9.86. The number of nitrogens with zero attached hydrogens (tertiary/aromatic N) is 1. The van der Waals surface area contributed by atoms with Gasteiger partial charge in [0, 0.05) is 12.6 Å². The maximum absolute atomic E-state index is 13.9. The number of rotatable bonds is 8. The molecule has 0 bridgehead atoms. The molecule has 0 aromatic heterocycles. The highest BCUT2D eigenvalue weighted by Gasteiger charge is 2.37. The number of carbonyl (C=O) groups excluding carboxylic acids is 1. The van der Waals surface area contributed by atoms with Crippen molar-refractivity contribution in [1.29, 1.82) is 0 Å². The second-order valence-corrected chi connectivity index (χ2v) is 8.98. The number of nitrogens with two attached hydrogens (primary N) is 1. The van der Waals surface area contributed by atoms with Crippen LogP contribution in [-0.4, -0.2) is 31.6 Å². The molecule has 9 heteroatoms. The van der Waals surface area contributed by atoms with Crippen LogP contribution < -0.4 is 15.2 Å². The molecule has 0 spiro atoms. The zero-order valence-electron chi connectivity index (χ0n) is 20.5. The van der Waals surface area contributed by atoms with Gasteiger partial charge in [-0.15, -0.1) is 0 Å². The largest absolute Gasteiger partial charge is 0.493 e. The number of amides is 1. The summed E-state index contributed by atoms with van der Waals surface area (Å²) in [5.41, 5.74) is 7.53. The summed E-state index contributed by atoms with van der Waals surface area (Å²) in [5, 5.41) is 0. The Bertz CT molecular complexity index is 1260. The molecule has 4 rings (SSSR count). The predicted octanol–water partition coefficient (Wildman–Crippen LogP) is 5.62. The Morgan fingerprint density at radius 1 is 1.05 bits per heavy atom. The van der Waals surface area contributed by atoms with Crippen molar-refractivity contribution in [1.82, 2.24) is 4.90 Å². The van der Waals surface area contributed by atoms with E-state index in [-0.39, 0.29) is 12.5 Å². The average Bonchev–Trinajstić information content (AvgIpc) is 2.87. The molecular weight excluding hydrogens is 488 g/mol. The van der Waals surface area contributed by atoms with Crippen molar-refractivity contribution in [3.8, 4) is 11.5 Å². The fourth-order valence-corrected chi connectivity index (χ4v) is 5.08. The van der Waals surface area contributed by atoms with Crippen LogP contribution in [0.2, 0.25) is 0 Å². The first kappa shape index (κ1) is 26.5. The Balaban J connectivity index is 1.76. The number of hydrogen-bond donors (Lipinski definition) is 1. The lowest BCUT2D eigenvalue weighted by molar-refractivity contribution is -0.140. The summed E-state index contributed by atoms with van der Waals surface area (Å²) < 4.78 is 64.7. The Labute approximate surface area is 212 Å². The number of alkyl halides is 3. The molecule has 196 valence electrons. The fourth-order valence-electron chi connectivity index (χ4n) is 5.08. The molecular formula is C28H28F4N2O3. The Hall–Kier alpha value is -3.59. The zero-order valence-corrected chi connectivity index (χ0v) is 20.5. The third kappa shape index (κ3) is 5.56. The van der Waals surface area contributed by atoms with E-state index >= 15 is 0 Å². The maximum atomic E-state index is 13.9. The zero-order chi connectivity index (χ0) is 26.7. The number of benzene rings is 3. The first-order valence-corrected chi connectivity index (χ1v) is 11.8. The number of primary amides is 1. The van der Waals surface area contributed by atoms with Gasteiger partial charge in [0.2, 0.25) is 5.91 Å². The Morgan fingerprint density at radius 2 is 1.73 bits per heavy atom. The summed E-state index contributed by atoms with van der Waals surface area (Å²) >= 11 is 0. The number of fused-ring (bicyclic) bond motifs is 1. The highest BCUT2D eigenvalue weighted by atomic mass is 19.4. The van der Waals surface area contributed by atoms with E-state index in [9.17, 15) is 22.4 Å². The van der Waals surface area contributed by atoms with Gasteiger partial charge in [0.1, 0.15) is 11.9 Å². The van der Waals surface area contributed by atoms with Crippen molar-refractivity contribution in [3.05, 3.63) is 94.3 Å². The number of aryl methyl sites for hydroxylation is 1. The van der Waals surface area contributed by atoms with Crippen LogP contribution in [0.15, 0.2) is 60.7 Å². The molecule has 1 aliphatic rings. The molecule has 0 saturated carbocycles. The number of halogens is 4. The summed E-state index contributed by atoms with van der Waals surface area (Å²) in [6.45, 7) is 0.493. The Morgan fingerprint density at radius 3 is 2.35 bits per heavy atom. The highest BCUT2D eigenvalue weighted by Crippen LogP contribution is 2.43. The first-order chi connectivity index (χ1) is 17.6. The van der Waals surface area contributed by atoms with Gasteiger partial charge < -0.3 is 15.2 Å². The topological polar surface area (TPSA) is 64.8 Å². The fraction of sp³-hybridized carbons (Fsp3) is 0.321. The molecule has 5 nitrogen and oxygen atoms in total. The molecule has 0 fully saturated rings. The van der Waals surface area contributed by atoms with Crippen molar-refractivity contribution in [2.24, 2.45) is 5.73 Å². The number of methoxy groups -OCH3 is 2. The van der Waals surface area contributed by atoms with E-state index in [2.05, 4.69) is 0 Å². The van der Waals surface area contributed by atoms with Crippen LogP contribution in [0.25, 0.3) is 0 Å². The second kappa shape index (κ2) is 10.8. The van der Waals surface area contributed by atoms with Gasteiger partial charge in [-0.1, -0.05) is 36.4 Å². The molecule has 1 heterocycles. The van der Waals surface area contributed by atoms with Gasteiger partial charge in [0.05, 0.1) is 19.8 Å². The van der Waals surface area contributed by atoms with Gasteiger partial charge in [-0.3, -0.25) is 9.69 Å². The summed E-state index contributed by atoms with van der Waals surface area (Å²) in [7, 11) is 3.06. The molecule has 0 aliphatic carbocycles. The monoisotopic (exact) mass is 516 g/mol. The standard InChI is InChI=1S/C28H28F4N2O3/c1-36-24-15-19-12-13-34(26(27(33)35)18-6-4-3-5-7-18)23(20(19)16-25(24)37-2)11-9-17-8-10-22(29)21(14-17)28(30,31)32/h3-8,10,14-16,23,26H,9,11-13H2,1-2H3,(H2,33,35)/t23-,26?/m0/s1. The van der Waals surface area contributed by atoms with Crippen LogP contribution in [0.4, 0.5) is 17.6 Å². The van der Waals surface area contributed by atoms with Crippen molar-refractivity contribution < 1.29 is 31.8 Å². The lowest BCUT2D eigenvalue weighted by Crippen LogP contribution is -2.44. The molecule has 1 amide bonds. The summed E-state index contributed by atoms with van der Waals surface area (Å²) in [4.78, 5) is 14.7. The van der Waals surface area contributed by atoms with Crippen molar-refractivity contribution in [2.45, 2.75) is 37.5 Å². The van der Waals surface area contributed by atoms with Crippen LogP contribution >= 0.6 is 0 Å². The van der Waals surface area contributed by atoms with Crippen LogP contribution in [-0.2, 0) is 23.8 Å². The van der Waals surface area contributed by atoms with Crippen molar-refractivity contribution >= 4 is 5.91 Å². The van der Waals surface area contributed by atoms with Gasteiger partial charge in [-0.25, -0.2) is 4.39 Å². The third-order valence-electron chi connectivity index (χ3n) is 6.80. The SMILES string of the molecule is COc1cc2c(cc1OC)[C@H](CCc1ccc(F)c(C(F)(F)F)c1)N(C(C(N)=O)c1ccccc1)CC2. The number of carbonyl (C=O) groups is 1. The molecule has 3 aromatic rings. The molecule has 0 saturated heterocycles. The van der Waals surface area contributed by atoms with E-state index in [1.54, 1.807) is 7.11 Å². The minimum atomic E-state index is -4.79. The second-order valence-electron chi connectivity index (χ2n) is 8.98. The number of ether oxygens (including phenoxy) is 2. The number of hydrogen-bond acceptors (Lipinski definition) is 4. The van der Waals surface area contributed by atoms with Gasteiger partial charge >= 0.3 is 6.18 Å². The molecule has 3 aromatic carbocycles. The highest BCUT2D eigenvalue weighted by molar-refractivity contribution is 5.81. The van der Waals surface area contributed by atoms with E-state index in [0.717, 1.165) is 28.8 Å². The van der Waals surface area contributed by atoms with Crippen LogP contribution in [0.3, 0.4) is 0 Å². The first-order valence-electron chi connectivity index (χ1n) is 11.8. The smallest absolute Gasteiger partial charge is 0.419 e. The summed E-state index contributed by atoms with van der Waals surface area (Å²) in [6.07, 6.45) is -3.60. The van der Waals surface area contributed by atoms with E-state index in [1.807, 2.05) is 47.4 Å². The average molecular weight is 517 g/mol. The lowest BCUT2D eigenvalue weighted by Gasteiger charge is -2.41.